The van der Waals surface area contributed by atoms with Crippen molar-refractivity contribution in [3.05, 3.63) is 23.5 Å². The number of benzene rings is 1. The molecule has 0 aromatic heterocycles. The van der Waals surface area contributed by atoms with E-state index in [1.54, 1.807) is 0 Å². The molecule has 3 nitrogen and oxygen atoms in total. The van der Waals surface area contributed by atoms with Crippen molar-refractivity contribution in [1.29, 1.82) is 0 Å². The summed E-state index contributed by atoms with van der Waals surface area (Å²) in [6, 6.07) is 2.69. The molecule has 1 aromatic rings. The molecule has 0 spiro atoms. The summed E-state index contributed by atoms with van der Waals surface area (Å²) in [7, 11) is 1.48. The fourth-order valence-electron chi connectivity index (χ4n) is 1.57. The summed E-state index contributed by atoms with van der Waals surface area (Å²) in [5, 5.41) is 8.93. The normalized spacial score (nSPS) is 14.9. The highest BCUT2D eigenvalue weighted by Gasteiger charge is 2.26. The molecule has 88 valence electrons. The van der Waals surface area contributed by atoms with Crippen LogP contribution in [-0.4, -0.2) is 24.9 Å². The molecule has 0 aliphatic heterocycles. The van der Waals surface area contributed by atoms with Crippen LogP contribution in [0.4, 0.5) is 4.39 Å². The fraction of sp³-hybridized carbons (Fsp3) is 0.500. The summed E-state index contributed by atoms with van der Waals surface area (Å²) in [6.07, 6.45) is 2.64. The molecule has 0 atom stereocenters. The van der Waals surface area contributed by atoms with E-state index < -0.39 is 0 Å². The molecule has 0 heterocycles. The summed E-state index contributed by atoms with van der Waals surface area (Å²) >= 11 is 0. The number of aliphatic hydroxyl groups is 1. The van der Waals surface area contributed by atoms with Crippen LogP contribution < -0.4 is 9.47 Å². The monoisotopic (exact) mass is 226 g/mol. The van der Waals surface area contributed by atoms with E-state index >= 15 is 0 Å². The van der Waals surface area contributed by atoms with Crippen molar-refractivity contribution in [3.63, 3.8) is 0 Å². The number of hydrogen-bond donors (Lipinski definition) is 1. The maximum absolute atomic E-state index is 13.3. The zero-order chi connectivity index (χ0) is 11.5. The third kappa shape index (κ3) is 2.44. The lowest BCUT2D eigenvalue weighted by Crippen LogP contribution is -2.04. The Morgan fingerprint density at radius 2 is 2.19 bits per heavy atom. The molecule has 0 amide bonds. The second-order valence-electron chi connectivity index (χ2n) is 3.89. The van der Waals surface area contributed by atoms with Crippen LogP contribution in [0.15, 0.2) is 12.1 Å². The lowest BCUT2D eigenvalue weighted by Gasteiger charge is -2.14. The van der Waals surface area contributed by atoms with Crippen molar-refractivity contribution in [3.8, 4) is 11.5 Å². The van der Waals surface area contributed by atoms with Crippen molar-refractivity contribution < 1.29 is 19.0 Å². The van der Waals surface area contributed by atoms with Crippen LogP contribution in [0.2, 0.25) is 0 Å². The number of aliphatic hydroxyl groups excluding tert-OH is 1. The Morgan fingerprint density at radius 3 is 2.75 bits per heavy atom. The molecule has 2 rings (SSSR count). The molecule has 0 radical (unpaired) electrons. The first-order chi connectivity index (χ1) is 7.74. The van der Waals surface area contributed by atoms with Crippen molar-refractivity contribution in [1.82, 2.24) is 0 Å². The van der Waals surface area contributed by atoms with E-state index in [9.17, 15) is 4.39 Å². The predicted molar refractivity (Wildman–Crippen MR) is 57.4 cm³/mol. The first-order valence-corrected chi connectivity index (χ1v) is 5.38. The fourth-order valence-corrected chi connectivity index (χ4v) is 1.57. The van der Waals surface area contributed by atoms with E-state index in [0.29, 0.717) is 23.5 Å². The van der Waals surface area contributed by atoms with E-state index in [0.717, 1.165) is 12.8 Å². The van der Waals surface area contributed by atoms with Gasteiger partial charge in [0.05, 0.1) is 13.2 Å². The first-order valence-electron chi connectivity index (χ1n) is 5.38. The average molecular weight is 226 g/mol. The number of methoxy groups -OCH3 is 1. The Bertz CT molecular complexity index is 375. The SMILES string of the molecule is COc1cc(F)cc(CCO)c1OC1CC1. The molecule has 1 fully saturated rings. The molecule has 0 unspecified atom stereocenters. The number of rotatable bonds is 5. The summed E-state index contributed by atoms with van der Waals surface area (Å²) in [5.74, 6) is 0.597. The molecule has 1 aliphatic carbocycles. The van der Waals surface area contributed by atoms with E-state index in [1.165, 1.54) is 19.2 Å². The lowest BCUT2D eigenvalue weighted by atomic mass is 10.1. The molecule has 4 heteroatoms. The predicted octanol–water partition coefficient (Wildman–Crippen LogP) is 1.91. The van der Waals surface area contributed by atoms with Crippen LogP contribution in [-0.2, 0) is 6.42 Å². The molecule has 0 saturated heterocycles. The molecular formula is C12H15FO3. The average Bonchev–Trinajstić information content (AvgIpc) is 3.05. The minimum atomic E-state index is -0.372. The third-order valence-corrected chi connectivity index (χ3v) is 2.51. The Morgan fingerprint density at radius 1 is 1.44 bits per heavy atom. The van der Waals surface area contributed by atoms with Gasteiger partial charge >= 0.3 is 0 Å². The van der Waals surface area contributed by atoms with Crippen LogP contribution in [0.1, 0.15) is 18.4 Å². The van der Waals surface area contributed by atoms with Crippen LogP contribution >= 0.6 is 0 Å². The van der Waals surface area contributed by atoms with Crippen molar-refractivity contribution in [2.45, 2.75) is 25.4 Å². The summed E-state index contributed by atoms with van der Waals surface area (Å²) < 4.78 is 24.0. The second-order valence-corrected chi connectivity index (χ2v) is 3.89. The van der Waals surface area contributed by atoms with Gasteiger partial charge in [-0.15, -0.1) is 0 Å². The number of halogens is 1. The van der Waals surface area contributed by atoms with Crippen LogP contribution in [0.3, 0.4) is 0 Å². The minimum Gasteiger partial charge on any atom is -0.493 e. The van der Waals surface area contributed by atoms with Gasteiger partial charge in [0.1, 0.15) is 5.82 Å². The van der Waals surface area contributed by atoms with Gasteiger partial charge in [0.2, 0.25) is 0 Å². The molecule has 16 heavy (non-hydrogen) atoms. The molecule has 1 N–H and O–H groups in total. The number of hydrogen-bond acceptors (Lipinski definition) is 3. The summed E-state index contributed by atoms with van der Waals surface area (Å²) in [6.45, 7) is -0.0341. The van der Waals surface area contributed by atoms with E-state index in [4.69, 9.17) is 14.6 Å². The van der Waals surface area contributed by atoms with Gasteiger partial charge in [-0.05, 0) is 25.3 Å². The topological polar surface area (TPSA) is 38.7 Å². The molecular weight excluding hydrogens is 211 g/mol. The lowest BCUT2D eigenvalue weighted by molar-refractivity contribution is 0.268. The van der Waals surface area contributed by atoms with E-state index in [1.807, 2.05) is 0 Å². The summed E-state index contributed by atoms with van der Waals surface area (Å²) in [5.41, 5.74) is 0.659. The van der Waals surface area contributed by atoms with Crippen molar-refractivity contribution >= 4 is 0 Å². The van der Waals surface area contributed by atoms with Gasteiger partial charge in [-0.1, -0.05) is 0 Å². The van der Waals surface area contributed by atoms with Crippen molar-refractivity contribution in [2.24, 2.45) is 0 Å². The summed E-state index contributed by atoms with van der Waals surface area (Å²) in [4.78, 5) is 0. The van der Waals surface area contributed by atoms with Gasteiger partial charge in [-0.2, -0.15) is 0 Å². The van der Waals surface area contributed by atoms with Crippen LogP contribution in [0.5, 0.6) is 11.5 Å². The maximum atomic E-state index is 13.3. The number of ether oxygens (including phenoxy) is 2. The second kappa shape index (κ2) is 4.70. The standard InChI is InChI=1S/C12H15FO3/c1-15-11-7-9(13)6-8(4-5-14)12(11)16-10-2-3-10/h6-7,10,14H,2-5H2,1H3. The molecule has 1 aromatic carbocycles. The van der Waals surface area contributed by atoms with Gasteiger partial charge in [0.25, 0.3) is 0 Å². The minimum absolute atomic E-state index is 0.0341. The third-order valence-electron chi connectivity index (χ3n) is 2.51. The van der Waals surface area contributed by atoms with Gasteiger partial charge in [-0.25, -0.2) is 4.39 Å². The highest BCUT2D eigenvalue weighted by molar-refractivity contribution is 5.47. The van der Waals surface area contributed by atoms with E-state index in [2.05, 4.69) is 0 Å². The van der Waals surface area contributed by atoms with Crippen LogP contribution in [0, 0.1) is 5.82 Å². The highest BCUT2D eigenvalue weighted by Crippen LogP contribution is 2.37. The van der Waals surface area contributed by atoms with Crippen LogP contribution in [0.25, 0.3) is 0 Å². The van der Waals surface area contributed by atoms with Gasteiger partial charge < -0.3 is 14.6 Å². The zero-order valence-electron chi connectivity index (χ0n) is 9.20. The molecule has 1 aliphatic rings. The highest BCUT2D eigenvalue weighted by atomic mass is 19.1. The van der Waals surface area contributed by atoms with E-state index in [-0.39, 0.29) is 18.5 Å². The van der Waals surface area contributed by atoms with Crippen molar-refractivity contribution in [2.75, 3.05) is 13.7 Å². The largest absolute Gasteiger partial charge is 0.493 e. The van der Waals surface area contributed by atoms with Gasteiger partial charge in [-0.3, -0.25) is 0 Å². The first kappa shape index (κ1) is 11.2. The maximum Gasteiger partial charge on any atom is 0.165 e. The van der Waals surface area contributed by atoms with Gasteiger partial charge in [0, 0.05) is 18.2 Å². The molecule has 1 saturated carbocycles. The quantitative estimate of drug-likeness (QED) is 0.833. The Hall–Kier alpha value is -1.29. The smallest absolute Gasteiger partial charge is 0.165 e. The Kier molecular flexibility index (Phi) is 3.29. The Balaban J connectivity index is 2.33. The van der Waals surface area contributed by atoms with Gasteiger partial charge in [0.15, 0.2) is 11.5 Å². The zero-order valence-corrected chi connectivity index (χ0v) is 9.20. The Labute approximate surface area is 93.8 Å². The molecule has 0 bridgehead atoms.